The first kappa shape index (κ1) is 8.52. The fraction of sp³-hybridized carbons (Fsp3) is 1.00. The van der Waals surface area contributed by atoms with Crippen LogP contribution in [0.1, 0.15) is 27.2 Å². The maximum Gasteiger partial charge on any atom is 0.0382 e. The molecule has 2 saturated heterocycles. The molecule has 0 aromatic carbocycles. The highest BCUT2D eigenvalue weighted by Gasteiger charge is 2.46. The van der Waals surface area contributed by atoms with Crippen molar-refractivity contribution < 1.29 is 0 Å². The van der Waals surface area contributed by atoms with Crippen molar-refractivity contribution in [1.82, 2.24) is 9.80 Å². The second-order valence-electron chi connectivity index (χ2n) is 4.34. The third-order valence-corrected chi connectivity index (χ3v) is 3.51. The van der Waals surface area contributed by atoms with Crippen LogP contribution in [-0.4, -0.2) is 47.6 Å². The summed E-state index contributed by atoms with van der Waals surface area (Å²) < 4.78 is 0. The molecule has 2 rings (SSSR count). The molecule has 0 radical (unpaired) electrons. The molecule has 0 bridgehead atoms. The topological polar surface area (TPSA) is 6.48 Å². The summed E-state index contributed by atoms with van der Waals surface area (Å²) in [5.74, 6) is 0. The molecule has 0 N–H and O–H groups in total. The van der Waals surface area contributed by atoms with E-state index in [1.165, 1.54) is 26.1 Å². The van der Waals surface area contributed by atoms with Crippen molar-refractivity contribution in [3.63, 3.8) is 0 Å². The van der Waals surface area contributed by atoms with Crippen molar-refractivity contribution in [3.05, 3.63) is 0 Å². The number of hydrogen-bond donors (Lipinski definition) is 0. The summed E-state index contributed by atoms with van der Waals surface area (Å²) in [4.78, 5) is 5.27. The summed E-state index contributed by atoms with van der Waals surface area (Å²) in [6.45, 7) is 10.8. The minimum Gasteiger partial charge on any atom is -0.297 e. The molecule has 0 aromatic heterocycles. The largest absolute Gasteiger partial charge is 0.297 e. The van der Waals surface area contributed by atoms with E-state index in [0.29, 0.717) is 0 Å². The lowest BCUT2D eigenvalue weighted by Crippen LogP contribution is -2.62. The summed E-state index contributed by atoms with van der Waals surface area (Å²) in [5, 5.41) is 0. The molecule has 2 atom stereocenters. The van der Waals surface area contributed by atoms with Gasteiger partial charge in [-0.05, 0) is 26.8 Å². The van der Waals surface area contributed by atoms with E-state index >= 15 is 0 Å². The van der Waals surface area contributed by atoms with Gasteiger partial charge in [-0.3, -0.25) is 9.80 Å². The molecule has 2 nitrogen and oxygen atoms in total. The number of hydrogen-bond acceptors (Lipinski definition) is 2. The van der Waals surface area contributed by atoms with E-state index in [1.807, 2.05) is 0 Å². The monoisotopic (exact) mass is 168 g/mol. The Balaban J connectivity index is 1.94. The highest BCUT2D eigenvalue weighted by atomic mass is 15.4. The van der Waals surface area contributed by atoms with Gasteiger partial charge in [-0.15, -0.1) is 0 Å². The van der Waals surface area contributed by atoms with E-state index < -0.39 is 0 Å². The molecule has 2 unspecified atom stereocenters. The minimum atomic E-state index is 0.749. The molecular formula is C10H20N2. The van der Waals surface area contributed by atoms with Crippen molar-refractivity contribution in [1.29, 1.82) is 0 Å². The van der Waals surface area contributed by atoms with Gasteiger partial charge in [0.05, 0.1) is 0 Å². The Kier molecular flexibility index (Phi) is 2.13. The van der Waals surface area contributed by atoms with Crippen LogP contribution in [0, 0.1) is 0 Å². The summed E-state index contributed by atoms with van der Waals surface area (Å²) >= 11 is 0. The molecule has 2 heterocycles. The Morgan fingerprint density at radius 2 is 2.08 bits per heavy atom. The molecule has 2 heteroatoms. The summed E-state index contributed by atoms with van der Waals surface area (Å²) in [5.41, 5.74) is 0. The van der Waals surface area contributed by atoms with E-state index in [1.54, 1.807) is 0 Å². The first-order chi connectivity index (χ1) is 5.74. The smallest absolute Gasteiger partial charge is 0.0382 e. The molecule has 2 aliphatic rings. The molecule has 2 aliphatic heterocycles. The second-order valence-corrected chi connectivity index (χ2v) is 4.34. The summed E-state index contributed by atoms with van der Waals surface area (Å²) in [6.07, 6.45) is 1.40. The van der Waals surface area contributed by atoms with Gasteiger partial charge in [-0.2, -0.15) is 0 Å². The number of fused-ring (bicyclic) bond motifs is 1. The Labute approximate surface area is 75.5 Å². The minimum absolute atomic E-state index is 0.749. The van der Waals surface area contributed by atoms with Crippen LogP contribution in [0.25, 0.3) is 0 Å². The average molecular weight is 168 g/mol. The van der Waals surface area contributed by atoms with Gasteiger partial charge in [-0.1, -0.05) is 6.92 Å². The van der Waals surface area contributed by atoms with Crippen molar-refractivity contribution in [3.8, 4) is 0 Å². The van der Waals surface area contributed by atoms with E-state index in [-0.39, 0.29) is 0 Å². The van der Waals surface area contributed by atoms with E-state index in [0.717, 1.165) is 18.1 Å². The van der Waals surface area contributed by atoms with E-state index in [2.05, 4.69) is 30.6 Å². The van der Waals surface area contributed by atoms with Crippen LogP contribution >= 0.6 is 0 Å². The van der Waals surface area contributed by atoms with Crippen LogP contribution in [0.3, 0.4) is 0 Å². The quantitative estimate of drug-likeness (QED) is 0.611. The standard InChI is InChI=1S/C10H20N2/c1-4-11-7-10-9(11)5-6-12(10)8(2)3/h8-10H,4-7H2,1-3H3. The summed E-state index contributed by atoms with van der Waals surface area (Å²) in [7, 11) is 0. The van der Waals surface area contributed by atoms with E-state index in [9.17, 15) is 0 Å². The van der Waals surface area contributed by atoms with E-state index in [4.69, 9.17) is 0 Å². The molecule has 0 aromatic rings. The SMILES string of the molecule is CCN1CC2C1CCN2C(C)C. The second kappa shape index (κ2) is 3.00. The van der Waals surface area contributed by atoms with Crippen LogP contribution in [0.4, 0.5) is 0 Å². The molecular weight excluding hydrogens is 148 g/mol. The van der Waals surface area contributed by atoms with Crippen molar-refractivity contribution >= 4 is 0 Å². The Morgan fingerprint density at radius 3 is 2.67 bits per heavy atom. The highest BCUT2D eigenvalue weighted by molar-refractivity contribution is 5.03. The van der Waals surface area contributed by atoms with Crippen molar-refractivity contribution in [2.45, 2.75) is 45.3 Å². The van der Waals surface area contributed by atoms with Crippen LogP contribution in [-0.2, 0) is 0 Å². The molecule has 0 spiro atoms. The molecule has 0 saturated carbocycles. The lowest BCUT2D eigenvalue weighted by atomic mass is 9.97. The molecule has 0 aliphatic carbocycles. The van der Waals surface area contributed by atoms with Crippen LogP contribution in [0.2, 0.25) is 0 Å². The molecule has 2 fully saturated rings. The third kappa shape index (κ3) is 1.09. The zero-order chi connectivity index (χ0) is 8.72. The average Bonchev–Trinajstić information content (AvgIpc) is 2.29. The lowest BCUT2D eigenvalue weighted by Gasteiger charge is -2.47. The fourth-order valence-electron chi connectivity index (χ4n) is 2.76. The van der Waals surface area contributed by atoms with Gasteiger partial charge >= 0.3 is 0 Å². The summed E-state index contributed by atoms with van der Waals surface area (Å²) in [6, 6.07) is 2.54. The zero-order valence-electron chi connectivity index (χ0n) is 8.45. The van der Waals surface area contributed by atoms with Gasteiger partial charge in [0.2, 0.25) is 0 Å². The molecule has 70 valence electrons. The predicted octanol–water partition coefficient (Wildman–Crippen LogP) is 1.17. The predicted molar refractivity (Wildman–Crippen MR) is 51.3 cm³/mol. The van der Waals surface area contributed by atoms with Gasteiger partial charge in [0, 0.05) is 31.2 Å². The molecule has 12 heavy (non-hydrogen) atoms. The van der Waals surface area contributed by atoms with Gasteiger partial charge in [0.25, 0.3) is 0 Å². The Hall–Kier alpha value is -0.0800. The first-order valence-electron chi connectivity index (χ1n) is 5.23. The van der Waals surface area contributed by atoms with Crippen molar-refractivity contribution in [2.75, 3.05) is 19.6 Å². The van der Waals surface area contributed by atoms with Gasteiger partial charge in [0.1, 0.15) is 0 Å². The van der Waals surface area contributed by atoms with Gasteiger partial charge in [0.15, 0.2) is 0 Å². The maximum atomic E-state index is 2.66. The van der Waals surface area contributed by atoms with Gasteiger partial charge < -0.3 is 0 Å². The highest BCUT2D eigenvalue weighted by Crippen LogP contribution is 2.33. The number of likely N-dealkylation sites (tertiary alicyclic amines) is 2. The number of likely N-dealkylation sites (N-methyl/N-ethyl adjacent to an activating group) is 1. The maximum absolute atomic E-state index is 2.66. The van der Waals surface area contributed by atoms with Crippen LogP contribution < -0.4 is 0 Å². The molecule has 0 amide bonds. The lowest BCUT2D eigenvalue weighted by molar-refractivity contribution is 0.0157. The van der Waals surface area contributed by atoms with Gasteiger partial charge in [-0.25, -0.2) is 0 Å². The first-order valence-corrected chi connectivity index (χ1v) is 5.23. The van der Waals surface area contributed by atoms with Crippen molar-refractivity contribution in [2.24, 2.45) is 0 Å². The third-order valence-electron chi connectivity index (χ3n) is 3.51. The number of rotatable bonds is 2. The number of nitrogens with zero attached hydrogens (tertiary/aromatic N) is 2. The fourth-order valence-corrected chi connectivity index (χ4v) is 2.76. The Morgan fingerprint density at radius 1 is 1.33 bits per heavy atom. The normalized spacial score (nSPS) is 37.0. The van der Waals surface area contributed by atoms with Crippen LogP contribution in [0.5, 0.6) is 0 Å². The Bertz CT molecular complexity index is 167. The zero-order valence-corrected chi connectivity index (χ0v) is 8.45. The van der Waals surface area contributed by atoms with Crippen LogP contribution in [0.15, 0.2) is 0 Å².